The first-order chi connectivity index (χ1) is 10.2. The van der Waals surface area contributed by atoms with Gasteiger partial charge in [-0.2, -0.15) is 0 Å². The van der Waals surface area contributed by atoms with Crippen LogP contribution in [-0.4, -0.2) is 32.7 Å². The number of carbonyl (C=O) groups excluding carboxylic acids is 1. The highest BCUT2D eigenvalue weighted by molar-refractivity contribution is 6.07. The molecular weight excluding hydrogens is 278 g/mol. The molecule has 1 aromatic carbocycles. The van der Waals surface area contributed by atoms with E-state index in [0.29, 0.717) is 12.0 Å². The number of hydrogen-bond donors (Lipinski definition) is 3. The number of allylic oxidation sites excluding steroid dienone is 2. The maximum absolute atomic E-state index is 12.1. The van der Waals surface area contributed by atoms with Crippen LogP contribution in [0.3, 0.4) is 0 Å². The van der Waals surface area contributed by atoms with Crippen LogP contribution in [0.1, 0.15) is 43.6 Å². The molecule has 0 bridgehead atoms. The van der Waals surface area contributed by atoms with Gasteiger partial charge >= 0.3 is 0 Å². The molecule has 3 N–H and O–H groups in total. The van der Waals surface area contributed by atoms with Gasteiger partial charge in [-0.1, -0.05) is 5.57 Å². The lowest BCUT2D eigenvalue weighted by molar-refractivity contribution is -0.0468. The summed E-state index contributed by atoms with van der Waals surface area (Å²) in [6.45, 7) is 6.93. The lowest BCUT2D eigenvalue weighted by Gasteiger charge is -2.24. The Bertz CT molecular complexity index is 715. The van der Waals surface area contributed by atoms with Crippen LogP contribution in [0.15, 0.2) is 36.0 Å². The van der Waals surface area contributed by atoms with E-state index in [0.717, 1.165) is 22.0 Å². The van der Waals surface area contributed by atoms with Gasteiger partial charge < -0.3 is 15.2 Å². The first-order valence-corrected chi connectivity index (χ1v) is 7.38. The number of aromatic nitrogens is 1. The topological polar surface area (TPSA) is 73.3 Å². The second kappa shape index (κ2) is 6.07. The summed E-state index contributed by atoms with van der Waals surface area (Å²) < 4.78 is 0. The van der Waals surface area contributed by atoms with E-state index in [1.54, 1.807) is 26.0 Å². The highest BCUT2D eigenvalue weighted by Gasteiger charge is 2.25. The molecule has 1 atom stereocenters. The molecule has 1 aromatic heterocycles. The number of rotatable bonds is 5. The molecule has 0 aliphatic carbocycles. The van der Waals surface area contributed by atoms with E-state index in [4.69, 9.17) is 0 Å². The molecule has 1 heterocycles. The Morgan fingerprint density at radius 1 is 1.36 bits per heavy atom. The van der Waals surface area contributed by atoms with Gasteiger partial charge in [0.2, 0.25) is 0 Å². The number of H-pyrrole nitrogens is 1. The molecule has 0 aliphatic rings. The van der Waals surface area contributed by atoms with Crippen molar-refractivity contribution < 1.29 is 15.0 Å². The molecule has 4 heteroatoms. The molecule has 2 rings (SSSR count). The van der Waals surface area contributed by atoms with Gasteiger partial charge in [-0.3, -0.25) is 4.79 Å². The molecule has 0 aliphatic heterocycles. The van der Waals surface area contributed by atoms with E-state index in [2.05, 4.69) is 4.98 Å². The molecule has 4 nitrogen and oxygen atoms in total. The molecule has 0 spiro atoms. The fourth-order valence-corrected chi connectivity index (χ4v) is 2.30. The number of aliphatic hydroxyl groups is 2. The van der Waals surface area contributed by atoms with Gasteiger partial charge in [-0.25, -0.2) is 0 Å². The minimum absolute atomic E-state index is 0.0305. The second-order valence-corrected chi connectivity index (χ2v) is 6.53. The molecule has 2 aromatic rings. The van der Waals surface area contributed by atoms with Gasteiger partial charge in [0.05, 0.1) is 11.7 Å². The summed E-state index contributed by atoms with van der Waals surface area (Å²) in [6, 6.07) is 5.48. The zero-order valence-electron chi connectivity index (χ0n) is 13.5. The summed E-state index contributed by atoms with van der Waals surface area (Å²) in [5, 5.41) is 20.9. The minimum Gasteiger partial charge on any atom is -0.390 e. The fraction of sp³-hybridized carbons (Fsp3) is 0.389. The molecule has 1 unspecified atom stereocenters. The standard InChI is InChI=1S/C18H23NO3/c1-11(2)7-16(20)12-5-6-15-14(8-12)13(10-19-15)9-17(21)18(3,4)22/h5-8,10,17,19,21-22H,9H2,1-4H3. The monoisotopic (exact) mass is 301 g/mol. The average molecular weight is 301 g/mol. The summed E-state index contributed by atoms with van der Waals surface area (Å²) in [4.78, 5) is 15.3. The van der Waals surface area contributed by atoms with Crippen molar-refractivity contribution in [2.24, 2.45) is 0 Å². The molecule has 118 valence electrons. The Labute approximate surface area is 130 Å². The van der Waals surface area contributed by atoms with Crippen LogP contribution in [-0.2, 0) is 6.42 Å². The molecular formula is C18H23NO3. The number of benzene rings is 1. The Hall–Kier alpha value is -1.91. The molecule has 0 radical (unpaired) electrons. The average Bonchev–Trinajstić information content (AvgIpc) is 2.79. The Balaban J connectivity index is 2.38. The van der Waals surface area contributed by atoms with Crippen LogP contribution in [0.25, 0.3) is 10.9 Å². The summed E-state index contributed by atoms with van der Waals surface area (Å²) in [5.74, 6) is -0.0305. The Morgan fingerprint density at radius 2 is 2.05 bits per heavy atom. The third-order valence-corrected chi connectivity index (χ3v) is 3.70. The van der Waals surface area contributed by atoms with E-state index in [1.165, 1.54) is 0 Å². The number of carbonyl (C=O) groups is 1. The predicted molar refractivity (Wildman–Crippen MR) is 88.1 cm³/mol. The van der Waals surface area contributed by atoms with Crippen LogP contribution >= 0.6 is 0 Å². The van der Waals surface area contributed by atoms with E-state index in [1.807, 2.05) is 32.2 Å². The molecule has 0 saturated heterocycles. The van der Waals surface area contributed by atoms with Gasteiger partial charge in [0.15, 0.2) is 5.78 Å². The van der Waals surface area contributed by atoms with E-state index in [9.17, 15) is 15.0 Å². The van der Waals surface area contributed by atoms with Gasteiger partial charge in [0.1, 0.15) is 0 Å². The lowest BCUT2D eigenvalue weighted by Crippen LogP contribution is -2.37. The summed E-state index contributed by atoms with van der Waals surface area (Å²) in [5.41, 5.74) is 2.20. The second-order valence-electron chi connectivity index (χ2n) is 6.53. The van der Waals surface area contributed by atoms with Crippen molar-refractivity contribution in [2.75, 3.05) is 0 Å². The summed E-state index contributed by atoms with van der Waals surface area (Å²) >= 11 is 0. The first kappa shape index (κ1) is 16.5. The maximum Gasteiger partial charge on any atom is 0.185 e. The minimum atomic E-state index is -1.17. The van der Waals surface area contributed by atoms with Crippen molar-refractivity contribution in [2.45, 2.75) is 45.8 Å². The number of ketones is 1. The molecule has 0 amide bonds. The van der Waals surface area contributed by atoms with Crippen molar-refractivity contribution in [3.8, 4) is 0 Å². The van der Waals surface area contributed by atoms with E-state index >= 15 is 0 Å². The van der Waals surface area contributed by atoms with Crippen molar-refractivity contribution in [1.82, 2.24) is 4.98 Å². The van der Waals surface area contributed by atoms with Crippen LogP contribution in [0.2, 0.25) is 0 Å². The number of nitrogens with one attached hydrogen (secondary N) is 1. The quantitative estimate of drug-likeness (QED) is 0.587. The number of hydrogen-bond acceptors (Lipinski definition) is 3. The summed E-state index contributed by atoms with van der Waals surface area (Å²) in [7, 11) is 0. The number of aromatic amines is 1. The zero-order valence-corrected chi connectivity index (χ0v) is 13.5. The van der Waals surface area contributed by atoms with Crippen molar-refractivity contribution in [3.63, 3.8) is 0 Å². The highest BCUT2D eigenvalue weighted by atomic mass is 16.3. The fourth-order valence-electron chi connectivity index (χ4n) is 2.30. The number of fused-ring (bicyclic) bond motifs is 1. The summed E-state index contributed by atoms with van der Waals surface area (Å²) in [6.07, 6.45) is 2.88. The largest absolute Gasteiger partial charge is 0.390 e. The molecule has 0 fully saturated rings. The zero-order chi connectivity index (χ0) is 16.5. The van der Waals surface area contributed by atoms with Crippen molar-refractivity contribution >= 4 is 16.7 Å². The van der Waals surface area contributed by atoms with Gasteiger partial charge in [0.25, 0.3) is 0 Å². The number of aliphatic hydroxyl groups excluding tert-OH is 1. The predicted octanol–water partition coefficient (Wildman–Crippen LogP) is 2.99. The van der Waals surface area contributed by atoms with Crippen LogP contribution in [0, 0.1) is 0 Å². The molecule has 22 heavy (non-hydrogen) atoms. The van der Waals surface area contributed by atoms with Crippen LogP contribution in [0.4, 0.5) is 0 Å². The first-order valence-electron chi connectivity index (χ1n) is 7.38. The maximum atomic E-state index is 12.1. The Morgan fingerprint density at radius 3 is 2.64 bits per heavy atom. The van der Waals surface area contributed by atoms with Crippen molar-refractivity contribution in [3.05, 3.63) is 47.2 Å². The molecule has 0 saturated carbocycles. The Kier molecular flexibility index (Phi) is 4.54. The third-order valence-electron chi connectivity index (χ3n) is 3.70. The smallest absolute Gasteiger partial charge is 0.185 e. The lowest BCUT2D eigenvalue weighted by atomic mass is 9.94. The van der Waals surface area contributed by atoms with Crippen LogP contribution < -0.4 is 0 Å². The third kappa shape index (κ3) is 3.64. The highest BCUT2D eigenvalue weighted by Crippen LogP contribution is 2.24. The van der Waals surface area contributed by atoms with Crippen molar-refractivity contribution in [1.29, 1.82) is 0 Å². The normalized spacial score (nSPS) is 13.2. The van der Waals surface area contributed by atoms with Gasteiger partial charge in [-0.15, -0.1) is 0 Å². The van der Waals surface area contributed by atoms with E-state index in [-0.39, 0.29) is 5.78 Å². The van der Waals surface area contributed by atoms with Gasteiger partial charge in [0, 0.05) is 29.1 Å². The SMILES string of the molecule is CC(C)=CC(=O)c1ccc2[nH]cc(CC(O)C(C)(C)O)c2c1. The van der Waals surface area contributed by atoms with Crippen LogP contribution in [0.5, 0.6) is 0 Å². The van der Waals surface area contributed by atoms with E-state index < -0.39 is 11.7 Å². The van der Waals surface area contributed by atoms with Gasteiger partial charge in [-0.05, 0) is 57.5 Å².